The molecule has 0 N–H and O–H groups in total. The van der Waals surface area contributed by atoms with Gasteiger partial charge in [0.2, 0.25) is 0 Å². The van der Waals surface area contributed by atoms with Crippen molar-refractivity contribution >= 4 is 13.4 Å². The van der Waals surface area contributed by atoms with E-state index in [-0.39, 0.29) is 20.4 Å². The van der Waals surface area contributed by atoms with Gasteiger partial charge in [0.05, 0.1) is 0 Å². The first kappa shape index (κ1) is 9.86. The first-order valence-electron chi connectivity index (χ1n) is 0.667. The van der Waals surface area contributed by atoms with Crippen LogP contribution in [0.25, 0.3) is 0 Å². The Morgan fingerprint density at radius 2 is 1.17 bits per heavy atom. The maximum absolute atomic E-state index is 8.59. The summed E-state index contributed by atoms with van der Waals surface area (Å²) in [7, 11) is 0. The first-order valence-corrected chi connectivity index (χ1v) is 3.46. The van der Waals surface area contributed by atoms with E-state index in [0.717, 1.165) is 0 Å². The van der Waals surface area contributed by atoms with Crippen molar-refractivity contribution in [1.29, 1.82) is 0 Å². The standard InChI is InChI=1S/H2O4Se.Pd/c1-5(2,3)4;/h(H2,1,2,3,4);/q;+2/p-2. The molecule has 0 spiro atoms. The Kier molecular flexibility index (Phi) is 4.61. The van der Waals surface area contributed by atoms with Crippen LogP contribution < -0.4 is 8.38 Å². The molecular formula is O4PdSe. The Morgan fingerprint density at radius 1 is 1.17 bits per heavy atom. The fourth-order valence-corrected chi connectivity index (χ4v) is 0. The molecule has 6 heteroatoms. The smallest absolute Gasteiger partial charge is 2.00 e. The summed E-state index contributed by atoms with van der Waals surface area (Å²) in [6, 6.07) is 0. The van der Waals surface area contributed by atoms with Gasteiger partial charge < -0.3 is 0 Å². The summed E-state index contributed by atoms with van der Waals surface area (Å²) in [5.41, 5.74) is 0. The molecule has 0 aromatic heterocycles. The van der Waals surface area contributed by atoms with Crippen LogP contribution in [0.5, 0.6) is 0 Å². The summed E-state index contributed by atoms with van der Waals surface area (Å²) in [4.78, 5) is 0. The van der Waals surface area contributed by atoms with Crippen LogP contribution in [0.4, 0.5) is 0 Å². The van der Waals surface area contributed by atoms with E-state index in [0.29, 0.717) is 0 Å². The second-order valence-corrected chi connectivity index (χ2v) is 2.12. The van der Waals surface area contributed by atoms with E-state index in [1.165, 1.54) is 0 Å². The van der Waals surface area contributed by atoms with E-state index >= 15 is 0 Å². The fourth-order valence-electron chi connectivity index (χ4n) is 0. The molecule has 0 aliphatic carbocycles. The normalized spacial score (nSPS) is 9.67. The molecule has 0 unspecified atom stereocenters. The minimum Gasteiger partial charge on any atom is 2.00 e. The summed E-state index contributed by atoms with van der Waals surface area (Å²) in [6.07, 6.45) is 0. The van der Waals surface area contributed by atoms with Crippen molar-refractivity contribution in [3.63, 3.8) is 0 Å². The Labute approximate surface area is 50.1 Å². The van der Waals surface area contributed by atoms with Gasteiger partial charge in [-0.3, -0.25) is 0 Å². The Morgan fingerprint density at radius 3 is 1.17 bits per heavy atom. The maximum Gasteiger partial charge on any atom is 2.00 e. The van der Waals surface area contributed by atoms with Gasteiger partial charge >= 0.3 is 49.8 Å². The second kappa shape index (κ2) is 2.81. The summed E-state index contributed by atoms with van der Waals surface area (Å²) in [5.74, 6) is 0. The number of rotatable bonds is 0. The monoisotopic (exact) mass is 250 g/mol. The van der Waals surface area contributed by atoms with Crippen LogP contribution in [0.1, 0.15) is 0 Å². The van der Waals surface area contributed by atoms with Gasteiger partial charge in [0.1, 0.15) is 0 Å². The SMILES string of the molecule is O=[Se](=O)([O-])[O-].[Pd+2]. The molecule has 0 bridgehead atoms. The molecule has 40 valence electrons. The Bertz CT molecular complexity index is 90.7. The molecule has 0 amide bonds. The summed E-state index contributed by atoms with van der Waals surface area (Å²) < 4.78 is 34.4. The minimum absolute atomic E-state index is 0. The van der Waals surface area contributed by atoms with Crippen molar-refractivity contribution in [2.24, 2.45) is 0 Å². The third-order valence-electron chi connectivity index (χ3n) is 0. The van der Waals surface area contributed by atoms with Crippen LogP contribution in [0.2, 0.25) is 0 Å². The van der Waals surface area contributed by atoms with Crippen LogP contribution in [-0.4, -0.2) is 13.4 Å². The fraction of sp³-hybridized carbons (Fsp3) is 0. The first-order chi connectivity index (χ1) is 2.00. The topological polar surface area (TPSA) is 80.3 Å². The van der Waals surface area contributed by atoms with Gasteiger partial charge in [0.15, 0.2) is 0 Å². The zero-order valence-electron chi connectivity index (χ0n) is 2.36. The Balaban J connectivity index is 0. The molecule has 4 nitrogen and oxygen atoms in total. The molecule has 0 rings (SSSR count). The van der Waals surface area contributed by atoms with Crippen LogP contribution >= 0.6 is 0 Å². The summed E-state index contributed by atoms with van der Waals surface area (Å²) >= 11 is -5.75. The van der Waals surface area contributed by atoms with Gasteiger partial charge in [-0.15, -0.1) is 0 Å². The molecule has 0 saturated heterocycles. The minimum atomic E-state index is -5.75. The van der Waals surface area contributed by atoms with Crippen LogP contribution in [0.3, 0.4) is 0 Å². The molecule has 0 aliphatic heterocycles. The quantitative estimate of drug-likeness (QED) is 0.429. The summed E-state index contributed by atoms with van der Waals surface area (Å²) in [5, 5.41) is 0. The van der Waals surface area contributed by atoms with E-state index < -0.39 is 13.4 Å². The van der Waals surface area contributed by atoms with E-state index in [9.17, 15) is 0 Å². The predicted octanol–water partition coefficient (Wildman–Crippen LogP) is -3.00. The molecule has 0 atom stereocenters. The van der Waals surface area contributed by atoms with Crippen LogP contribution in [0.15, 0.2) is 0 Å². The average Bonchev–Trinajstić information content (AvgIpc) is 0.722. The zero-order valence-corrected chi connectivity index (χ0v) is 5.63. The third kappa shape index (κ3) is 131. The molecule has 0 aromatic carbocycles. The zero-order chi connectivity index (χ0) is 4.50. The van der Waals surface area contributed by atoms with Crippen molar-refractivity contribution in [2.75, 3.05) is 0 Å². The van der Waals surface area contributed by atoms with E-state index in [1.54, 1.807) is 0 Å². The number of hydrogen-bond donors (Lipinski definition) is 0. The molecule has 0 aliphatic rings. The van der Waals surface area contributed by atoms with E-state index in [2.05, 4.69) is 0 Å². The molecule has 0 heterocycles. The van der Waals surface area contributed by atoms with Crippen molar-refractivity contribution in [2.45, 2.75) is 0 Å². The van der Waals surface area contributed by atoms with Gasteiger partial charge in [-0.2, -0.15) is 0 Å². The molecule has 6 heavy (non-hydrogen) atoms. The Hall–Kier alpha value is 0.702. The van der Waals surface area contributed by atoms with Crippen LogP contribution in [-0.2, 0) is 28.1 Å². The largest absolute Gasteiger partial charge is 2.00 e. The molecule has 0 saturated carbocycles. The van der Waals surface area contributed by atoms with Gasteiger partial charge in [-0.25, -0.2) is 0 Å². The molecular weight excluding hydrogens is 249 g/mol. The van der Waals surface area contributed by atoms with Gasteiger partial charge in [0.25, 0.3) is 0 Å². The predicted molar refractivity (Wildman–Crippen MR) is 7.13 cm³/mol. The molecule has 0 radical (unpaired) electrons. The third-order valence-corrected chi connectivity index (χ3v) is 0. The van der Waals surface area contributed by atoms with Crippen molar-refractivity contribution in [3.8, 4) is 0 Å². The van der Waals surface area contributed by atoms with E-state index in [4.69, 9.17) is 16.0 Å². The average molecular weight is 249 g/mol. The van der Waals surface area contributed by atoms with Crippen molar-refractivity contribution in [1.82, 2.24) is 0 Å². The maximum atomic E-state index is 8.59. The van der Waals surface area contributed by atoms with Gasteiger partial charge in [-0.1, -0.05) is 0 Å². The van der Waals surface area contributed by atoms with Crippen LogP contribution in [0, 0.1) is 0 Å². The van der Waals surface area contributed by atoms with Gasteiger partial charge in [0, 0.05) is 0 Å². The van der Waals surface area contributed by atoms with Gasteiger partial charge in [-0.05, 0) is 0 Å². The second-order valence-electron chi connectivity index (χ2n) is 0.408. The number of hydrogen-bond acceptors (Lipinski definition) is 4. The van der Waals surface area contributed by atoms with E-state index in [1.807, 2.05) is 0 Å². The van der Waals surface area contributed by atoms with Crippen molar-refractivity contribution < 1.29 is 36.5 Å². The molecule has 0 aromatic rings. The molecule has 0 fully saturated rings. The van der Waals surface area contributed by atoms with Crippen molar-refractivity contribution in [3.05, 3.63) is 0 Å². The summed E-state index contributed by atoms with van der Waals surface area (Å²) in [6.45, 7) is 0.